The van der Waals surface area contributed by atoms with Gasteiger partial charge in [0.05, 0.1) is 5.75 Å². The second kappa shape index (κ2) is 3.16. The lowest BCUT2D eigenvalue weighted by Crippen LogP contribution is -2.45. The second-order valence-electron chi connectivity index (χ2n) is 3.35. The molecule has 3 nitrogen and oxygen atoms in total. The Bertz CT molecular complexity index is 284. The lowest BCUT2D eigenvalue weighted by Gasteiger charge is -2.24. The molecular weight excluding hydrogens is 202 g/mol. The monoisotopic (exact) mass is 214 g/mol. The van der Waals surface area contributed by atoms with E-state index in [9.17, 15) is 17.2 Å². The Labute approximate surface area is 75.7 Å². The van der Waals surface area contributed by atoms with E-state index >= 15 is 0 Å². The van der Waals surface area contributed by atoms with E-state index < -0.39 is 27.1 Å². The number of aliphatic hydroxyl groups excluding tert-OH is 1. The number of sulfone groups is 1. The molecule has 0 aromatic carbocycles. The molecule has 2 unspecified atom stereocenters. The van der Waals surface area contributed by atoms with Gasteiger partial charge in [0.25, 0.3) is 5.92 Å². The van der Waals surface area contributed by atoms with Crippen LogP contribution in [-0.4, -0.2) is 36.6 Å². The zero-order valence-electron chi connectivity index (χ0n) is 7.20. The fourth-order valence-corrected chi connectivity index (χ4v) is 3.55. The number of alkyl halides is 2. The van der Waals surface area contributed by atoms with Crippen LogP contribution in [0.25, 0.3) is 0 Å². The Balaban J connectivity index is 2.95. The van der Waals surface area contributed by atoms with Crippen molar-refractivity contribution in [3.63, 3.8) is 0 Å². The Morgan fingerprint density at radius 1 is 1.54 bits per heavy atom. The van der Waals surface area contributed by atoms with Gasteiger partial charge in [-0.1, -0.05) is 0 Å². The highest BCUT2D eigenvalue weighted by Gasteiger charge is 2.53. The molecule has 0 spiro atoms. The Hall–Kier alpha value is -0.230. The highest BCUT2D eigenvalue weighted by Crippen LogP contribution is 2.35. The quantitative estimate of drug-likeness (QED) is 0.731. The second-order valence-corrected chi connectivity index (χ2v) is 5.65. The van der Waals surface area contributed by atoms with E-state index in [1.807, 2.05) is 0 Å². The number of hydrogen-bond donors (Lipinski definition) is 1. The van der Waals surface area contributed by atoms with Crippen molar-refractivity contribution < 1.29 is 22.3 Å². The maximum atomic E-state index is 13.1. The van der Waals surface area contributed by atoms with Gasteiger partial charge in [-0.05, 0) is 19.8 Å². The first-order chi connectivity index (χ1) is 5.78. The van der Waals surface area contributed by atoms with Gasteiger partial charge in [0.2, 0.25) is 0 Å². The Morgan fingerprint density at radius 3 is 2.38 bits per heavy atom. The maximum Gasteiger partial charge on any atom is 0.289 e. The Morgan fingerprint density at radius 2 is 2.08 bits per heavy atom. The minimum Gasteiger partial charge on any atom is -0.387 e. The molecule has 0 bridgehead atoms. The normalized spacial score (nSPS) is 30.3. The third-order valence-electron chi connectivity index (χ3n) is 2.31. The first-order valence-corrected chi connectivity index (χ1v) is 5.77. The van der Waals surface area contributed by atoms with Crippen LogP contribution >= 0.6 is 0 Å². The SMILES string of the molecule is CC(O)C(F)(F)C1CCCS1(=O)=O. The molecule has 6 heteroatoms. The van der Waals surface area contributed by atoms with E-state index in [0.717, 1.165) is 6.92 Å². The van der Waals surface area contributed by atoms with Gasteiger partial charge in [-0.2, -0.15) is 0 Å². The molecule has 78 valence electrons. The van der Waals surface area contributed by atoms with E-state index in [0.29, 0.717) is 0 Å². The van der Waals surface area contributed by atoms with Crippen LogP contribution in [0.5, 0.6) is 0 Å². The molecular formula is C7H12F2O3S. The summed E-state index contributed by atoms with van der Waals surface area (Å²) >= 11 is 0. The van der Waals surface area contributed by atoms with E-state index in [-0.39, 0.29) is 18.6 Å². The van der Waals surface area contributed by atoms with Gasteiger partial charge in [0, 0.05) is 0 Å². The summed E-state index contributed by atoms with van der Waals surface area (Å²) in [5.41, 5.74) is 0. The van der Waals surface area contributed by atoms with Crippen molar-refractivity contribution in [1.29, 1.82) is 0 Å². The van der Waals surface area contributed by atoms with Gasteiger partial charge in [0.15, 0.2) is 9.84 Å². The highest BCUT2D eigenvalue weighted by atomic mass is 32.2. The van der Waals surface area contributed by atoms with Crippen molar-refractivity contribution in [2.75, 3.05) is 5.75 Å². The first-order valence-electron chi connectivity index (χ1n) is 4.06. The van der Waals surface area contributed by atoms with E-state index in [1.54, 1.807) is 0 Å². The molecule has 0 radical (unpaired) electrons. The molecule has 0 saturated carbocycles. The van der Waals surface area contributed by atoms with E-state index in [2.05, 4.69) is 0 Å². The largest absolute Gasteiger partial charge is 0.387 e. The minimum absolute atomic E-state index is 0.0553. The van der Waals surface area contributed by atoms with E-state index in [4.69, 9.17) is 5.11 Å². The Kier molecular flexibility index (Phi) is 2.64. The van der Waals surface area contributed by atoms with Crippen LogP contribution in [0.4, 0.5) is 8.78 Å². The van der Waals surface area contributed by atoms with Crippen LogP contribution in [0, 0.1) is 0 Å². The predicted octanol–water partition coefficient (Wildman–Crippen LogP) is 0.580. The minimum atomic E-state index is -3.70. The molecule has 0 aromatic heterocycles. The lowest BCUT2D eigenvalue weighted by molar-refractivity contribution is -0.101. The lowest BCUT2D eigenvalue weighted by atomic mass is 10.1. The number of halogens is 2. The number of hydrogen-bond acceptors (Lipinski definition) is 3. The molecule has 1 aliphatic rings. The molecule has 1 aliphatic heterocycles. The van der Waals surface area contributed by atoms with Crippen molar-refractivity contribution >= 4 is 9.84 Å². The van der Waals surface area contributed by atoms with Gasteiger partial charge in [-0.25, -0.2) is 17.2 Å². The third-order valence-corrected chi connectivity index (χ3v) is 4.59. The molecule has 1 N–H and O–H groups in total. The molecule has 1 heterocycles. The van der Waals surface area contributed by atoms with Crippen LogP contribution in [0.2, 0.25) is 0 Å². The van der Waals surface area contributed by atoms with Crippen LogP contribution in [-0.2, 0) is 9.84 Å². The average Bonchev–Trinajstić information content (AvgIpc) is 2.29. The van der Waals surface area contributed by atoms with Crippen molar-refractivity contribution in [1.82, 2.24) is 0 Å². The van der Waals surface area contributed by atoms with Crippen molar-refractivity contribution in [2.45, 2.75) is 37.0 Å². The summed E-state index contributed by atoms with van der Waals surface area (Å²) in [5.74, 6) is -3.71. The predicted molar refractivity (Wildman–Crippen MR) is 43.4 cm³/mol. The summed E-state index contributed by atoms with van der Waals surface area (Å²) in [6.07, 6.45) is -1.71. The average molecular weight is 214 g/mol. The molecule has 1 rings (SSSR count). The fourth-order valence-electron chi connectivity index (χ4n) is 1.49. The summed E-state index contributed by atoms with van der Waals surface area (Å²) in [5, 5.41) is 7.06. The molecule has 13 heavy (non-hydrogen) atoms. The third kappa shape index (κ3) is 1.83. The van der Waals surface area contributed by atoms with Crippen LogP contribution in [0.3, 0.4) is 0 Å². The summed E-state index contributed by atoms with van der Waals surface area (Å²) in [6.45, 7) is 0.911. The van der Waals surface area contributed by atoms with Gasteiger partial charge in [-0.15, -0.1) is 0 Å². The summed E-state index contributed by atoms with van der Waals surface area (Å²) in [4.78, 5) is 0. The molecule has 0 aliphatic carbocycles. The highest BCUT2D eigenvalue weighted by molar-refractivity contribution is 7.92. The van der Waals surface area contributed by atoms with Crippen LogP contribution in [0.15, 0.2) is 0 Å². The van der Waals surface area contributed by atoms with Crippen molar-refractivity contribution in [2.24, 2.45) is 0 Å². The zero-order chi connectivity index (χ0) is 10.3. The van der Waals surface area contributed by atoms with E-state index in [1.165, 1.54) is 0 Å². The standard InChI is InChI=1S/C7H12F2O3S/c1-5(10)7(8,9)6-3-2-4-13(6,11)12/h5-6,10H,2-4H2,1H3. The summed E-state index contributed by atoms with van der Waals surface area (Å²) in [6, 6.07) is 0. The zero-order valence-corrected chi connectivity index (χ0v) is 8.02. The van der Waals surface area contributed by atoms with Gasteiger partial charge < -0.3 is 5.11 Å². The molecule has 0 amide bonds. The molecule has 1 saturated heterocycles. The number of rotatable bonds is 2. The van der Waals surface area contributed by atoms with Crippen molar-refractivity contribution in [3.8, 4) is 0 Å². The molecule has 1 fully saturated rings. The number of aliphatic hydroxyl groups is 1. The van der Waals surface area contributed by atoms with Gasteiger partial charge >= 0.3 is 0 Å². The summed E-state index contributed by atoms with van der Waals surface area (Å²) < 4.78 is 48.5. The fraction of sp³-hybridized carbons (Fsp3) is 1.00. The smallest absolute Gasteiger partial charge is 0.289 e. The topological polar surface area (TPSA) is 54.4 Å². The van der Waals surface area contributed by atoms with Gasteiger partial charge in [0.1, 0.15) is 11.4 Å². The summed E-state index contributed by atoms with van der Waals surface area (Å²) in [7, 11) is -3.70. The first kappa shape index (κ1) is 10.8. The molecule has 0 aromatic rings. The van der Waals surface area contributed by atoms with Crippen molar-refractivity contribution in [3.05, 3.63) is 0 Å². The maximum absolute atomic E-state index is 13.1. The van der Waals surface area contributed by atoms with Crippen LogP contribution in [0.1, 0.15) is 19.8 Å². The van der Waals surface area contributed by atoms with Gasteiger partial charge in [-0.3, -0.25) is 0 Å². The molecule has 2 atom stereocenters. The van der Waals surface area contributed by atoms with Crippen LogP contribution < -0.4 is 0 Å².